The molecule has 1 fully saturated rings. The molecule has 3 heteroatoms. The van der Waals surface area contributed by atoms with E-state index in [9.17, 15) is 9.59 Å². The van der Waals surface area contributed by atoms with E-state index in [2.05, 4.69) is 6.58 Å². The Bertz CT molecular complexity index is 391. The maximum Gasteiger partial charge on any atom is 0.261 e. The lowest BCUT2D eigenvalue weighted by Gasteiger charge is -2.20. The number of allylic oxidation sites excluding steroid dienone is 3. The van der Waals surface area contributed by atoms with Gasteiger partial charge in [0.25, 0.3) is 11.8 Å². The molecule has 1 unspecified atom stereocenters. The smallest absolute Gasteiger partial charge is 0.261 e. The minimum absolute atomic E-state index is 0.0642. The first-order valence-corrected chi connectivity index (χ1v) is 5.45. The van der Waals surface area contributed by atoms with Gasteiger partial charge in [-0.15, -0.1) is 0 Å². The van der Waals surface area contributed by atoms with Gasteiger partial charge in [0.1, 0.15) is 0 Å². The lowest BCUT2D eigenvalue weighted by atomic mass is 10.1. The van der Waals surface area contributed by atoms with Gasteiger partial charge in [0.2, 0.25) is 0 Å². The van der Waals surface area contributed by atoms with Crippen LogP contribution in [0.5, 0.6) is 0 Å². The third-order valence-electron chi connectivity index (χ3n) is 2.79. The summed E-state index contributed by atoms with van der Waals surface area (Å²) in [6, 6.07) is -0.0642. The largest absolute Gasteiger partial charge is 0.272 e. The maximum atomic E-state index is 12.0. The summed E-state index contributed by atoms with van der Waals surface area (Å²) >= 11 is 0. The van der Waals surface area contributed by atoms with E-state index in [0.717, 1.165) is 6.42 Å². The van der Waals surface area contributed by atoms with Crippen LogP contribution in [-0.2, 0) is 9.59 Å². The van der Waals surface area contributed by atoms with E-state index < -0.39 is 0 Å². The number of nitrogens with zero attached hydrogens (tertiary/aromatic N) is 1. The Hall–Kier alpha value is -1.64. The molecule has 1 aliphatic heterocycles. The molecule has 1 aliphatic rings. The number of amides is 2. The first kappa shape index (κ1) is 12.4. The standard InChI is InChI=1S/C13H17NO2/c1-5-8-11-10(7-3)12(15)14(13(11)16)9(4)6-2/h5,7-9H,1,6H2,2-4H3/b10-7+,11-8+. The Morgan fingerprint density at radius 1 is 1.31 bits per heavy atom. The van der Waals surface area contributed by atoms with Crippen LogP contribution in [0.1, 0.15) is 27.2 Å². The molecule has 86 valence electrons. The van der Waals surface area contributed by atoms with Crippen LogP contribution in [0.25, 0.3) is 0 Å². The van der Waals surface area contributed by atoms with E-state index in [1.54, 1.807) is 19.1 Å². The summed E-state index contributed by atoms with van der Waals surface area (Å²) < 4.78 is 0. The van der Waals surface area contributed by atoms with Crippen LogP contribution in [0.3, 0.4) is 0 Å². The van der Waals surface area contributed by atoms with Crippen LogP contribution in [-0.4, -0.2) is 22.8 Å². The summed E-state index contributed by atoms with van der Waals surface area (Å²) in [4.78, 5) is 25.3. The fourth-order valence-electron chi connectivity index (χ4n) is 1.72. The van der Waals surface area contributed by atoms with E-state index in [1.165, 1.54) is 11.0 Å². The monoisotopic (exact) mass is 219 g/mol. The highest BCUT2D eigenvalue weighted by molar-refractivity contribution is 6.24. The van der Waals surface area contributed by atoms with Gasteiger partial charge in [-0.25, -0.2) is 0 Å². The number of hydrogen-bond donors (Lipinski definition) is 0. The van der Waals surface area contributed by atoms with Crippen LogP contribution < -0.4 is 0 Å². The molecule has 0 bridgehead atoms. The summed E-state index contributed by atoms with van der Waals surface area (Å²) in [6.07, 6.45) is 5.57. The molecule has 16 heavy (non-hydrogen) atoms. The number of hydrogen-bond acceptors (Lipinski definition) is 2. The molecule has 0 aromatic carbocycles. The molecular formula is C13H17NO2. The van der Waals surface area contributed by atoms with Crippen molar-refractivity contribution in [2.24, 2.45) is 0 Å². The summed E-state index contributed by atoms with van der Waals surface area (Å²) in [7, 11) is 0. The number of imide groups is 1. The van der Waals surface area contributed by atoms with Crippen molar-refractivity contribution in [2.75, 3.05) is 0 Å². The molecule has 0 radical (unpaired) electrons. The zero-order chi connectivity index (χ0) is 12.3. The van der Waals surface area contributed by atoms with Gasteiger partial charge < -0.3 is 0 Å². The van der Waals surface area contributed by atoms with E-state index in [-0.39, 0.29) is 17.9 Å². The molecule has 3 nitrogen and oxygen atoms in total. The minimum Gasteiger partial charge on any atom is -0.272 e. The average Bonchev–Trinajstić information content (AvgIpc) is 2.50. The third kappa shape index (κ3) is 1.85. The second-order valence-corrected chi connectivity index (χ2v) is 3.76. The van der Waals surface area contributed by atoms with Crippen molar-refractivity contribution in [1.82, 2.24) is 4.90 Å². The Morgan fingerprint density at radius 3 is 2.31 bits per heavy atom. The van der Waals surface area contributed by atoms with Crippen molar-refractivity contribution >= 4 is 11.8 Å². The van der Waals surface area contributed by atoms with Crippen LogP contribution in [0.15, 0.2) is 36.0 Å². The van der Waals surface area contributed by atoms with E-state index >= 15 is 0 Å². The lowest BCUT2D eigenvalue weighted by Crippen LogP contribution is -2.37. The Morgan fingerprint density at radius 2 is 1.88 bits per heavy atom. The van der Waals surface area contributed by atoms with Gasteiger partial charge in [-0.05, 0) is 26.3 Å². The molecule has 0 aromatic heterocycles. The predicted molar refractivity (Wildman–Crippen MR) is 63.6 cm³/mol. The molecule has 0 N–H and O–H groups in total. The van der Waals surface area contributed by atoms with E-state index in [1.807, 2.05) is 13.8 Å². The number of carbonyl (C=O) groups excluding carboxylic acids is 2. The summed E-state index contributed by atoms with van der Waals surface area (Å²) in [5.41, 5.74) is 0.924. The zero-order valence-electron chi connectivity index (χ0n) is 9.99. The molecule has 1 heterocycles. The van der Waals surface area contributed by atoms with E-state index in [0.29, 0.717) is 11.1 Å². The van der Waals surface area contributed by atoms with Gasteiger partial charge in [0.05, 0.1) is 5.57 Å². The molecule has 0 aliphatic carbocycles. The van der Waals surface area contributed by atoms with Crippen LogP contribution >= 0.6 is 0 Å². The van der Waals surface area contributed by atoms with E-state index in [4.69, 9.17) is 0 Å². The lowest BCUT2D eigenvalue weighted by molar-refractivity contribution is -0.138. The molecule has 0 aromatic rings. The fraction of sp³-hybridized carbons (Fsp3) is 0.385. The van der Waals surface area contributed by atoms with Crippen molar-refractivity contribution in [1.29, 1.82) is 0 Å². The molecule has 1 atom stereocenters. The summed E-state index contributed by atoms with van der Waals surface area (Å²) in [6.45, 7) is 9.15. The van der Waals surface area contributed by atoms with Crippen molar-refractivity contribution < 1.29 is 9.59 Å². The van der Waals surface area contributed by atoms with Gasteiger partial charge >= 0.3 is 0 Å². The van der Waals surface area contributed by atoms with Crippen LogP contribution in [0.2, 0.25) is 0 Å². The molecule has 0 spiro atoms. The SMILES string of the molecule is C=C/C=C1/C(=O)N(C(C)CC)C(=O)/C1=C/C. The van der Waals surface area contributed by atoms with Gasteiger partial charge in [-0.2, -0.15) is 0 Å². The highest BCUT2D eigenvalue weighted by atomic mass is 16.2. The first-order valence-electron chi connectivity index (χ1n) is 5.45. The number of likely N-dealkylation sites (tertiary alicyclic amines) is 1. The van der Waals surface area contributed by atoms with Crippen molar-refractivity contribution in [3.63, 3.8) is 0 Å². The van der Waals surface area contributed by atoms with Gasteiger partial charge in [-0.3, -0.25) is 14.5 Å². The normalized spacial score (nSPS) is 23.3. The predicted octanol–water partition coefficient (Wildman–Crippen LogP) is 2.21. The number of rotatable bonds is 3. The Balaban J connectivity index is 3.21. The highest BCUT2D eigenvalue weighted by Crippen LogP contribution is 2.27. The van der Waals surface area contributed by atoms with Crippen LogP contribution in [0, 0.1) is 0 Å². The Kier molecular flexibility index (Phi) is 3.82. The third-order valence-corrected chi connectivity index (χ3v) is 2.79. The van der Waals surface area contributed by atoms with Crippen molar-refractivity contribution in [2.45, 2.75) is 33.2 Å². The molecule has 2 amide bonds. The molecule has 0 saturated carbocycles. The summed E-state index contributed by atoms with van der Waals surface area (Å²) in [5, 5.41) is 0. The quantitative estimate of drug-likeness (QED) is 0.539. The summed E-state index contributed by atoms with van der Waals surface area (Å²) in [5.74, 6) is -0.415. The van der Waals surface area contributed by atoms with Crippen LogP contribution in [0.4, 0.5) is 0 Å². The van der Waals surface area contributed by atoms with Gasteiger partial charge in [0, 0.05) is 11.6 Å². The Labute approximate surface area is 96.1 Å². The van der Waals surface area contributed by atoms with Crippen molar-refractivity contribution in [3.8, 4) is 0 Å². The second kappa shape index (κ2) is 4.92. The highest BCUT2D eigenvalue weighted by Gasteiger charge is 2.39. The zero-order valence-corrected chi connectivity index (χ0v) is 9.99. The minimum atomic E-state index is -0.215. The molecular weight excluding hydrogens is 202 g/mol. The van der Waals surface area contributed by atoms with Gasteiger partial charge in [-0.1, -0.05) is 25.7 Å². The first-order chi connectivity index (χ1) is 7.58. The number of carbonyl (C=O) groups is 2. The topological polar surface area (TPSA) is 37.4 Å². The maximum absolute atomic E-state index is 12.0. The van der Waals surface area contributed by atoms with Crippen molar-refractivity contribution in [3.05, 3.63) is 36.0 Å². The molecule has 1 saturated heterocycles. The molecule has 1 rings (SSSR count). The average molecular weight is 219 g/mol. The second-order valence-electron chi connectivity index (χ2n) is 3.76. The fourth-order valence-corrected chi connectivity index (χ4v) is 1.72. The van der Waals surface area contributed by atoms with Gasteiger partial charge in [0.15, 0.2) is 0 Å².